The van der Waals surface area contributed by atoms with Crippen molar-refractivity contribution in [2.45, 2.75) is 107 Å². The van der Waals surface area contributed by atoms with Crippen molar-refractivity contribution in [2.24, 2.45) is 5.92 Å². The van der Waals surface area contributed by atoms with Crippen molar-refractivity contribution in [1.82, 2.24) is 10.0 Å². The minimum absolute atomic E-state index is 0.0336. The third-order valence-corrected chi connectivity index (χ3v) is 7.03. The van der Waals surface area contributed by atoms with Gasteiger partial charge in [-0.2, -0.15) is 0 Å². The van der Waals surface area contributed by atoms with E-state index < -0.39 is 16.9 Å². The molecule has 0 spiro atoms. The van der Waals surface area contributed by atoms with Crippen LogP contribution in [0.2, 0.25) is 0 Å². The number of aliphatic carboxylic acids is 1. The SMILES string of the molecule is C1CCC(NC2CCCCC2)CC1.CC(C)C[C@@H](NSc1ccccc1[N+](=O)[O-])C(=O)O. The molecule has 0 aliphatic heterocycles. The molecule has 2 aliphatic carbocycles. The molecular weight excluding hydrogens is 426 g/mol. The highest BCUT2D eigenvalue weighted by molar-refractivity contribution is 7.97. The summed E-state index contributed by atoms with van der Waals surface area (Å²) in [7, 11) is 0. The largest absolute Gasteiger partial charge is 0.480 e. The van der Waals surface area contributed by atoms with Crippen molar-refractivity contribution < 1.29 is 14.8 Å². The summed E-state index contributed by atoms with van der Waals surface area (Å²) in [6, 6.07) is 7.24. The van der Waals surface area contributed by atoms with E-state index in [4.69, 9.17) is 5.11 Å². The maximum Gasteiger partial charge on any atom is 0.321 e. The Bertz CT molecular complexity index is 688. The molecule has 32 heavy (non-hydrogen) atoms. The standard InChI is InChI=1S/C12H16N2O4S.C12H23N/c1-8(2)7-9(12(15)16)13-19-11-6-4-3-5-10(11)14(17)18;1-3-7-11(8-4-1)13-12-9-5-2-6-10-12/h3-6,8-9,13H,7H2,1-2H3,(H,15,16);11-13H,1-10H2/t9-;/m1./s1. The van der Waals surface area contributed by atoms with Crippen LogP contribution in [-0.4, -0.2) is 34.1 Å². The summed E-state index contributed by atoms with van der Waals surface area (Å²) in [4.78, 5) is 21.8. The van der Waals surface area contributed by atoms with Crippen LogP contribution in [0.15, 0.2) is 29.2 Å². The van der Waals surface area contributed by atoms with E-state index >= 15 is 0 Å². The third-order valence-electron chi connectivity index (χ3n) is 6.06. The molecule has 0 aromatic heterocycles. The highest BCUT2D eigenvalue weighted by atomic mass is 32.2. The maximum absolute atomic E-state index is 11.1. The lowest BCUT2D eigenvalue weighted by atomic mass is 9.91. The molecule has 0 unspecified atom stereocenters. The number of hydrogen-bond acceptors (Lipinski definition) is 6. The van der Waals surface area contributed by atoms with Gasteiger partial charge in [0.25, 0.3) is 5.69 Å². The Morgan fingerprint density at radius 2 is 1.59 bits per heavy atom. The van der Waals surface area contributed by atoms with Crippen LogP contribution in [0.25, 0.3) is 0 Å². The van der Waals surface area contributed by atoms with Crippen LogP contribution < -0.4 is 10.0 Å². The first-order chi connectivity index (χ1) is 15.4. The number of carboxylic acids is 1. The van der Waals surface area contributed by atoms with Gasteiger partial charge in [-0.25, -0.2) is 4.72 Å². The van der Waals surface area contributed by atoms with E-state index in [2.05, 4.69) is 10.0 Å². The van der Waals surface area contributed by atoms with Gasteiger partial charge in [0.2, 0.25) is 0 Å². The molecule has 2 aliphatic rings. The molecule has 8 heteroatoms. The van der Waals surface area contributed by atoms with Crippen molar-refractivity contribution in [1.29, 1.82) is 0 Å². The van der Waals surface area contributed by atoms with Crippen molar-refractivity contribution in [3.63, 3.8) is 0 Å². The number of nitro groups is 1. The van der Waals surface area contributed by atoms with E-state index in [-0.39, 0.29) is 11.6 Å². The average molecular weight is 466 g/mol. The first kappa shape index (κ1) is 26.6. The molecule has 3 N–H and O–H groups in total. The molecule has 0 radical (unpaired) electrons. The van der Waals surface area contributed by atoms with Crippen molar-refractivity contribution in [3.8, 4) is 0 Å². The first-order valence-electron chi connectivity index (χ1n) is 12.0. The minimum Gasteiger partial charge on any atom is -0.480 e. The van der Waals surface area contributed by atoms with Crippen molar-refractivity contribution >= 4 is 23.6 Å². The Balaban J connectivity index is 0.000000242. The molecule has 2 fully saturated rings. The molecule has 1 atom stereocenters. The lowest BCUT2D eigenvalue weighted by molar-refractivity contribution is -0.387. The number of carbonyl (C=O) groups is 1. The minimum atomic E-state index is -0.959. The summed E-state index contributed by atoms with van der Waals surface area (Å²) in [5, 5.41) is 23.8. The number of para-hydroxylation sites is 1. The van der Waals surface area contributed by atoms with E-state index in [9.17, 15) is 14.9 Å². The van der Waals surface area contributed by atoms with E-state index in [1.807, 2.05) is 13.8 Å². The van der Waals surface area contributed by atoms with E-state index in [1.54, 1.807) is 18.2 Å². The van der Waals surface area contributed by atoms with Gasteiger partial charge in [0.1, 0.15) is 10.9 Å². The Hall–Kier alpha value is -1.64. The summed E-state index contributed by atoms with van der Waals surface area (Å²) < 4.78 is 2.77. The molecule has 7 nitrogen and oxygen atoms in total. The maximum atomic E-state index is 11.1. The number of benzene rings is 1. The number of rotatable bonds is 9. The first-order valence-corrected chi connectivity index (χ1v) is 12.8. The van der Waals surface area contributed by atoms with Crippen LogP contribution in [0, 0.1) is 16.0 Å². The normalized spacial score (nSPS) is 18.6. The number of hydrogen-bond donors (Lipinski definition) is 3. The molecule has 0 amide bonds. The lowest BCUT2D eigenvalue weighted by Gasteiger charge is -2.30. The number of nitro benzene ring substituents is 1. The molecule has 0 saturated heterocycles. The van der Waals surface area contributed by atoms with Crippen molar-refractivity contribution in [3.05, 3.63) is 34.4 Å². The van der Waals surface area contributed by atoms with Crippen LogP contribution in [0.5, 0.6) is 0 Å². The average Bonchev–Trinajstić information content (AvgIpc) is 2.78. The fourth-order valence-electron chi connectivity index (χ4n) is 4.37. The highest BCUT2D eigenvalue weighted by Gasteiger charge is 2.21. The number of nitrogens with zero attached hydrogens (tertiary/aromatic N) is 1. The Morgan fingerprint density at radius 3 is 2.06 bits per heavy atom. The second kappa shape index (κ2) is 14.5. The predicted molar refractivity (Wildman–Crippen MR) is 130 cm³/mol. The van der Waals surface area contributed by atoms with Gasteiger partial charge in [-0.05, 0) is 56.0 Å². The van der Waals surface area contributed by atoms with E-state index in [0.717, 1.165) is 24.0 Å². The van der Waals surface area contributed by atoms with Gasteiger partial charge in [-0.15, -0.1) is 0 Å². The van der Waals surface area contributed by atoms with Crippen LogP contribution in [0.1, 0.15) is 84.5 Å². The second-order valence-electron chi connectivity index (χ2n) is 9.30. The lowest BCUT2D eigenvalue weighted by Crippen LogP contribution is -2.40. The van der Waals surface area contributed by atoms with Crippen LogP contribution in [0.3, 0.4) is 0 Å². The monoisotopic (exact) mass is 465 g/mol. The topological polar surface area (TPSA) is 105 Å². The zero-order valence-electron chi connectivity index (χ0n) is 19.4. The van der Waals surface area contributed by atoms with E-state index in [1.165, 1.54) is 70.3 Å². The van der Waals surface area contributed by atoms with Gasteiger partial charge >= 0.3 is 5.97 Å². The zero-order valence-corrected chi connectivity index (χ0v) is 20.2. The summed E-state index contributed by atoms with van der Waals surface area (Å²) >= 11 is 0.981. The quantitative estimate of drug-likeness (QED) is 0.236. The van der Waals surface area contributed by atoms with Gasteiger partial charge in [0.05, 0.1) is 4.92 Å². The highest BCUT2D eigenvalue weighted by Crippen LogP contribution is 2.27. The summed E-state index contributed by atoms with van der Waals surface area (Å²) in [6.07, 6.45) is 15.0. The number of carboxylic acid groups (broad SMARTS) is 1. The zero-order chi connectivity index (χ0) is 23.3. The fourth-order valence-corrected chi connectivity index (χ4v) is 5.23. The van der Waals surface area contributed by atoms with Gasteiger partial charge in [0.15, 0.2) is 0 Å². The predicted octanol–water partition coefficient (Wildman–Crippen LogP) is 5.93. The smallest absolute Gasteiger partial charge is 0.321 e. The molecule has 0 heterocycles. The molecular formula is C24H39N3O4S. The van der Waals surface area contributed by atoms with Crippen LogP contribution in [-0.2, 0) is 4.79 Å². The van der Waals surface area contributed by atoms with Gasteiger partial charge in [0, 0.05) is 18.2 Å². The molecule has 0 bridgehead atoms. The Morgan fingerprint density at radius 1 is 1.06 bits per heavy atom. The molecule has 1 aromatic rings. The third kappa shape index (κ3) is 9.88. The molecule has 180 valence electrons. The van der Waals surface area contributed by atoms with Crippen molar-refractivity contribution in [2.75, 3.05) is 0 Å². The Labute approximate surface area is 196 Å². The summed E-state index contributed by atoms with van der Waals surface area (Å²) in [5.74, 6) is -0.736. The van der Waals surface area contributed by atoms with Gasteiger partial charge in [-0.1, -0.05) is 64.5 Å². The summed E-state index contributed by atoms with van der Waals surface area (Å²) in [5.41, 5.74) is -0.0336. The molecule has 3 rings (SSSR count). The van der Waals surface area contributed by atoms with Gasteiger partial charge in [-0.3, -0.25) is 14.9 Å². The van der Waals surface area contributed by atoms with E-state index in [0.29, 0.717) is 11.3 Å². The Kier molecular flexibility index (Phi) is 12.1. The fraction of sp³-hybridized carbons (Fsp3) is 0.708. The van der Waals surface area contributed by atoms with Gasteiger partial charge < -0.3 is 10.4 Å². The summed E-state index contributed by atoms with van der Waals surface area (Å²) in [6.45, 7) is 3.85. The van der Waals surface area contributed by atoms with Crippen LogP contribution in [0.4, 0.5) is 5.69 Å². The second-order valence-corrected chi connectivity index (χ2v) is 10.2. The van der Waals surface area contributed by atoms with Crippen LogP contribution >= 0.6 is 11.9 Å². The number of nitrogens with one attached hydrogen (secondary N) is 2. The molecule has 1 aromatic carbocycles. The molecule has 2 saturated carbocycles.